The van der Waals surface area contributed by atoms with Gasteiger partial charge in [-0.2, -0.15) is 0 Å². The van der Waals surface area contributed by atoms with E-state index in [-0.39, 0.29) is 5.56 Å². The molecule has 1 aromatic carbocycles. The predicted octanol–water partition coefficient (Wildman–Crippen LogP) is 2.94. The van der Waals surface area contributed by atoms with Crippen LogP contribution in [0.3, 0.4) is 0 Å². The molecular weight excluding hydrogens is 352 g/mol. The summed E-state index contributed by atoms with van der Waals surface area (Å²) in [5.74, 6) is -3.11. The topological polar surface area (TPSA) is 63.9 Å². The minimum Gasteiger partial charge on any atom is -0.322 e. The Bertz CT molecular complexity index is 930. The van der Waals surface area contributed by atoms with Crippen LogP contribution in [0.1, 0.15) is 34.2 Å². The van der Waals surface area contributed by atoms with Crippen LogP contribution in [0.4, 0.5) is 8.78 Å². The Balaban J connectivity index is 1.65. The summed E-state index contributed by atoms with van der Waals surface area (Å²) < 4.78 is 30.1. The van der Waals surface area contributed by atoms with E-state index in [0.29, 0.717) is 12.4 Å². The zero-order chi connectivity index (χ0) is 18.9. The second-order valence-electron chi connectivity index (χ2n) is 6.55. The number of alkyl halides is 2. The molecule has 1 aliphatic heterocycles. The smallest absolute Gasteiger partial charge is 0.267 e. The second-order valence-corrected chi connectivity index (χ2v) is 6.55. The molecule has 0 N–H and O–H groups in total. The van der Waals surface area contributed by atoms with Gasteiger partial charge in [-0.1, -0.05) is 30.3 Å². The van der Waals surface area contributed by atoms with Gasteiger partial charge in [-0.25, -0.2) is 8.78 Å². The van der Waals surface area contributed by atoms with Crippen LogP contribution in [-0.4, -0.2) is 43.0 Å². The molecule has 0 spiro atoms. The van der Waals surface area contributed by atoms with Crippen LogP contribution in [0.5, 0.6) is 0 Å². The highest BCUT2D eigenvalue weighted by Crippen LogP contribution is 2.41. The van der Waals surface area contributed by atoms with Gasteiger partial charge in [0.1, 0.15) is 6.33 Å². The van der Waals surface area contributed by atoms with Gasteiger partial charge in [0.25, 0.3) is 11.8 Å². The Kier molecular flexibility index (Phi) is 4.39. The Morgan fingerprint density at radius 3 is 2.74 bits per heavy atom. The number of amides is 1. The number of hydrogen-bond acceptors (Lipinski definition) is 4. The van der Waals surface area contributed by atoms with Crippen molar-refractivity contribution >= 4 is 5.91 Å². The molecule has 0 saturated carbocycles. The van der Waals surface area contributed by atoms with Crippen molar-refractivity contribution in [1.29, 1.82) is 0 Å². The van der Waals surface area contributed by atoms with E-state index < -0.39 is 30.8 Å². The summed E-state index contributed by atoms with van der Waals surface area (Å²) in [4.78, 5) is 17.9. The van der Waals surface area contributed by atoms with Crippen molar-refractivity contribution in [2.24, 2.45) is 0 Å². The fraction of sp³-hybridized carbons (Fsp3) is 0.263. The highest BCUT2D eigenvalue weighted by atomic mass is 19.3. The molecule has 1 amide bonds. The van der Waals surface area contributed by atoms with Crippen LogP contribution in [0, 0.1) is 0 Å². The number of carbonyl (C=O) groups is 1. The van der Waals surface area contributed by atoms with Crippen LogP contribution in [0.25, 0.3) is 0 Å². The number of aromatic nitrogens is 4. The molecular formula is C19H17F2N5O. The van der Waals surface area contributed by atoms with E-state index in [1.54, 1.807) is 16.7 Å². The maximum atomic E-state index is 14.2. The monoisotopic (exact) mass is 369 g/mol. The van der Waals surface area contributed by atoms with Crippen LogP contribution in [0.2, 0.25) is 0 Å². The first kappa shape index (κ1) is 17.3. The molecule has 6 nitrogen and oxygen atoms in total. The number of benzene rings is 1. The lowest BCUT2D eigenvalue weighted by Gasteiger charge is -2.23. The van der Waals surface area contributed by atoms with Crippen molar-refractivity contribution in [3.05, 3.63) is 78.1 Å². The van der Waals surface area contributed by atoms with E-state index in [4.69, 9.17) is 0 Å². The van der Waals surface area contributed by atoms with Crippen LogP contribution < -0.4 is 0 Å². The second kappa shape index (κ2) is 6.86. The molecule has 27 heavy (non-hydrogen) atoms. The van der Waals surface area contributed by atoms with Crippen LogP contribution in [-0.2, 0) is 6.54 Å². The average Bonchev–Trinajstić information content (AvgIpc) is 3.26. The van der Waals surface area contributed by atoms with Crippen LogP contribution >= 0.6 is 0 Å². The van der Waals surface area contributed by atoms with E-state index in [1.165, 1.54) is 23.6 Å². The van der Waals surface area contributed by atoms with E-state index in [2.05, 4.69) is 15.2 Å². The van der Waals surface area contributed by atoms with Crippen molar-refractivity contribution in [3.63, 3.8) is 0 Å². The molecule has 0 bridgehead atoms. The number of nitrogens with zero attached hydrogens (tertiary/aromatic N) is 5. The summed E-state index contributed by atoms with van der Waals surface area (Å²) in [7, 11) is 0. The fourth-order valence-corrected chi connectivity index (χ4v) is 3.34. The maximum Gasteiger partial charge on any atom is 0.267 e. The lowest BCUT2D eigenvalue weighted by Crippen LogP contribution is -2.34. The minimum absolute atomic E-state index is 0.273. The Morgan fingerprint density at radius 2 is 2.00 bits per heavy atom. The summed E-state index contributed by atoms with van der Waals surface area (Å²) >= 11 is 0. The highest BCUT2D eigenvalue weighted by Gasteiger charge is 2.49. The Hall–Kier alpha value is -3.16. The van der Waals surface area contributed by atoms with Crippen molar-refractivity contribution < 1.29 is 13.6 Å². The summed E-state index contributed by atoms with van der Waals surface area (Å²) in [6.07, 6.45) is 3.94. The van der Waals surface area contributed by atoms with Gasteiger partial charge in [-0.05, 0) is 17.7 Å². The molecule has 138 valence electrons. The lowest BCUT2D eigenvalue weighted by molar-refractivity contribution is 0.0117. The van der Waals surface area contributed by atoms with Crippen molar-refractivity contribution in [1.82, 2.24) is 24.6 Å². The first-order valence-corrected chi connectivity index (χ1v) is 8.54. The first-order chi connectivity index (χ1) is 13.0. The Morgan fingerprint density at radius 1 is 1.19 bits per heavy atom. The Labute approximate surface area is 154 Å². The summed E-state index contributed by atoms with van der Waals surface area (Å²) in [5.41, 5.74) is 1.27. The van der Waals surface area contributed by atoms with Gasteiger partial charge >= 0.3 is 0 Å². The quantitative estimate of drug-likeness (QED) is 0.709. The summed E-state index contributed by atoms with van der Waals surface area (Å²) in [6.45, 7) is -0.205. The number of pyridine rings is 1. The molecule has 0 radical (unpaired) electrons. The van der Waals surface area contributed by atoms with Gasteiger partial charge in [-0.3, -0.25) is 9.78 Å². The number of likely N-dealkylation sites (tertiary alicyclic amines) is 1. The largest absolute Gasteiger partial charge is 0.322 e. The minimum atomic E-state index is -2.98. The van der Waals surface area contributed by atoms with Gasteiger partial charge in [-0.15, -0.1) is 10.2 Å². The zero-order valence-corrected chi connectivity index (χ0v) is 14.4. The average molecular weight is 369 g/mol. The molecule has 1 unspecified atom stereocenters. The summed E-state index contributed by atoms with van der Waals surface area (Å²) in [6, 6.07) is 11.9. The van der Waals surface area contributed by atoms with Crippen molar-refractivity contribution in [2.75, 3.05) is 6.54 Å². The standard InChI is InChI=1S/C19H17F2N5O/c20-19(21)9-16(26(12-19)18(27)15-7-4-8-22-10-15)17-24-23-13-25(17)11-14-5-2-1-3-6-14/h1-8,10,13,16H,9,11-12H2. The molecule has 2 aromatic heterocycles. The first-order valence-electron chi connectivity index (χ1n) is 8.54. The third-order valence-electron chi connectivity index (χ3n) is 4.58. The molecule has 1 saturated heterocycles. The lowest BCUT2D eigenvalue weighted by atomic mass is 10.1. The maximum absolute atomic E-state index is 14.2. The normalized spacial score (nSPS) is 18.6. The molecule has 3 aromatic rings. The number of rotatable bonds is 4. The molecule has 8 heteroatoms. The third-order valence-corrected chi connectivity index (χ3v) is 4.58. The van der Waals surface area contributed by atoms with Crippen molar-refractivity contribution in [3.8, 4) is 0 Å². The third kappa shape index (κ3) is 3.55. The predicted molar refractivity (Wildman–Crippen MR) is 93.1 cm³/mol. The van der Waals surface area contributed by atoms with Gasteiger partial charge < -0.3 is 9.47 Å². The number of hydrogen-bond donors (Lipinski definition) is 0. The molecule has 1 atom stereocenters. The van der Waals surface area contributed by atoms with E-state index in [0.717, 1.165) is 5.56 Å². The molecule has 4 rings (SSSR count). The van der Waals surface area contributed by atoms with E-state index >= 15 is 0 Å². The van der Waals surface area contributed by atoms with Gasteiger partial charge in [0.2, 0.25) is 0 Å². The zero-order valence-electron chi connectivity index (χ0n) is 14.4. The van der Waals surface area contributed by atoms with E-state index in [1.807, 2.05) is 30.3 Å². The van der Waals surface area contributed by atoms with Gasteiger partial charge in [0, 0.05) is 18.8 Å². The molecule has 3 heterocycles. The van der Waals surface area contributed by atoms with Gasteiger partial charge in [0.05, 0.1) is 24.7 Å². The number of carbonyl (C=O) groups excluding carboxylic acids is 1. The SMILES string of the molecule is O=C(c1cccnc1)N1CC(F)(F)CC1c1nncn1Cc1ccccc1. The highest BCUT2D eigenvalue weighted by molar-refractivity contribution is 5.94. The fourth-order valence-electron chi connectivity index (χ4n) is 3.34. The molecule has 1 aliphatic rings. The van der Waals surface area contributed by atoms with Crippen LogP contribution in [0.15, 0.2) is 61.2 Å². The number of halogens is 2. The molecule has 1 fully saturated rings. The summed E-state index contributed by atoms with van der Waals surface area (Å²) in [5, 5.41) is 7.95. The van der Waals surface area contributed by atoms with E-state index in [9.17, 15) is 13.6 Å². The van der Waals surface area contributed by atoms with Crippen molar-refractivity contribution in [2.45, 2.75) is 24.9 Å². The molecule has 0 aliphatic carbocycles. The van der Waals surface area contributed by atoms with Gasteiger partial charge in [0.15, 0.2) is 5.82 Å².